The zero-order chi connectivity index (χ0) is 10.0. The van der Waals surface area contributed by atoms with Crippen LogP contribution in [0, 0.1) is 0 Å². The highest BCUT2D eigenvalue weighted by Gasteiger charge is 2.19. The van der Waals surface area contributed by atoms with Crippen LogP contribution in [-0.4, -0.2) is 6.43 Å². The van der Waals surface area contributed by atoms with Crippen molar-refractivity contribution >= 4 is 23.2 Å². The van der Waals surface area contributed by atoms with E-state index in [9.17, 15) is 8.78 Å². The maximum Gasteiger partial charge on any atom is 0.257 e. The topological polar surface area (TPSA) is 26.0 Å². The van der Waals surface area contributed by atoms with Crippen LogP contribution in [-0.2, 0) is 0 Å². The number of halogens is 4. The molecule has 1 aromatic carbocycles. The molecule has 5 heteroatoms. The number of benzene rings is 1. The molecule has 0 heterocycles. The van der Waals surface area contributed by atoms with Gasteiger partial charge in [-0.05, 0) is 17.7 Å². The number of rotatable bonds is 2. The Morgan fingerprint density at radius 1 is 1.23 bits per heavy atom. The second kappa shape index (κ2) is 4.22. The van der Waals surface area contributed by atoms with Crippen LogP contribution >= 0.6 is 23.2 Å². The summed E-state index contributed by atoms with van der Waals surface area (Å²) in [5.41, 5.74) is 5.42. The van der Waals surface area contributed by atoms with Crippen molar-refractivity contribution in [3.63, 3.8) is 0 Å². The molecule has 0 aliphatic carbocycles. The maximum absolute atomic E-state index is 12.2. The highest BCUT2D eigenvalue weighted by Crippen LogP contribution is 2.27. The van der Waals surface area contributed by atoms with E-state index >= 15 is 0 Å². The summed E-state index contributed by atoms with van der Waals surface area (Å²) < 4.78 is 24.4. The monoisotopic (exact) mass is 225 g/mol. The molecule has 0 aromatic heterocycles. The molecule has 0 radical (unpaired) electrons. The smallest absolute Gasteiger partial charge is 0.257 e. The molecule has 0 fully saturated rings. The standard InChI is InChI=1S/C8H7Cl2F2N/c9-4-1-2-5(6(10)3-4)7(13)8(11)12/h1-3,7-8H,13H2/t7-/m0/s1. The van der Waals surface area contributed by atoms with Gasteiger partial charge in [0, 0.05) is 10.0 Å². The van der Waals surface area contributed by atoms with Gasteiger partial charge in [-0.25, -0.2) is 8.78 Å². The molecular weight excluding hydrogens is 219 g/mol. The van der Waals surface area contributed by atoms with Gasteiger partial charge in [0.05, 0.1) is 6.04 Å². The largest absolute Gasteiger partial charge is 0.319 e. The summed E-state index contributed by atoms with van der Waals surface area (Å²) in [6.45, 7) is 0. The minimum absolute atomic E-state index is 0.167. The molecule has 72 valence electrons. The van der Waals surface area contributed by atoms with Crippen LogP contribution in [0.2, 0.25) is 10.0 Å². The molecule has 13 heavy (non-hydrogen) atoms. The van der Waals surface area contributed by atoms with Crippen LogP contribution in [0.5, 0.6) is 0 Å². The Kier molecular flexibility index (Phi) is 3.47. The third-order valence-electron chi connectivity index (χ3n) is 1.59. The van der Waals surface area contributed by atoms with Gasteiger partial charge >= 0.3 is 0 Å². The summed E-state index contributed by atoms with van der Waals surface area (Å²) in [6, 6.07) is 2.91. The van der Waals surface area contributed by atoms with E-state index in [1.54, 1.807) is 0 Å². The fourth-order valence-corrected chi connectivity index (χ4v) is 1.44. The average molecular weight is 226 g/mol. The molecule has 1 atom stereocenters. The molecule has 0 unspecified atom stereocenters. The number of alkyl halides is 2. The summed E-state index contributed by atoms with van der Waals surface area (Å²) in [5, 5.41) is 0.565. The quantitative estimate of drug-likeness (QED) is 0.822. The van der Waals surface area contributed by atoms with E-state index in [4.69, 9.17) is 28.9 Å². The van der Waals surface area contributed by atoms with Crippen molar-refractivity contribution in [1.82, 2.24) is 0 Å². The molecule has 1 rings (SSSR count). The Bertz CT molecular complexity index is 304. The van der Waals surface area contributed by atoms with E-state index in [0.717, 1.165) is 0 Å². The first-order valence-electron chi connectivity index (χ1n) is 3.51. The van der Waals surface area contributed by atoms with Crippen molar-refractivity contribution in [1.29, 1.82) is 0 Å². The molecule has 0 saturated carbocycles. The van der Waals surface area contributed by atoms with E-state index in [0.29, 0.717) is 5.02 Å². The van der Waals surface area contributed by atoms with Crippen LogP contribution in [0.15, 0.2) is 18.2 Å². The van der Waals surface area contributed by atoms with Gasteiger partial charge in [0.25, 0.3) is 6.43 Å². The van der Waals surface area contributed by atoms with Gasteiger partial charge in [0.2, 0.25) is 0 Å². The van der Waals surface area contributed by atoms with Gasteiger partial charge in [-0.2, -0.15) is 0 Å². The van der Waals surface area contributed by atoms with Crippen LogP contribution in [0.4, 0.5) is 8.78 Å². The van der Waals surface area contributed by atoms with Gasteiger partial charge in [-0.1, -0.05) is 29.3 Å². The highest BCUT2D eigenvalue weighted by atomic mass is 35.5. The highest BCUT2D eigenvalue weighted by molar-refractivity contribution is 6.35. The second-order valence-electron chi connectivity index (χ2n) is 2.53. The van der Waals surface area contributed by atoms with Crippen molar-refractivity contribution in [3.8, 4) is 0 Å². The lowest BCUT2D eigenvalue weighted by Crippen LogP contribution is -2.19. The molecule has 0 aliphatic heterocycles. The first-order chi connectivity index (χ1) is 6.02. The summed E-state index contributed by atoms with van der Waals surface area (Å²) in [7, 11) is 0. The fraction of sp³-hybridized carbons (Fsp3) is 0.250. The predicted octanol–water partition coefficient (Wildman–Crippen LogP) is 3.26. The van der Waals surface area contributed by atoms with Crippen molar-refractivity contribution in [3.05, 3.63) is 33.8 Å². The van der Waals surface area contributed by atoms with Gasteiger partial charge in [-0.3, -0.25) is 0 Å². The lowest BCUT2D eigenvalue weighted by molar-refractivity contribution is 0.116. The van der Waals surface area contributed by atoms with Gasteiger partial charge < -0.3 is 5.73 Å². The Morgan fingerprint density at radius 3 is 2.31 bits per heavy atom. The molecule has 0 saturated heterocycles. The predicted molar refractivity (Wildman–Crippen MR) is 49.4 cm³/mol. The third-order valence-corrected chi connectivity index (χ3v) is 2.16. The summed E-state index contributed by atoms with van der Waals surface area (Å²) in [6.07, 6.45) is -2.63. The zero-order valence-corrected chi connectivity index (χ0v) is 7.99. The van der Waals surface area contributed by atoms with Crippen LogP contribution in [0.3, 0.4) is 0 Å². The Morgan fingerprint density at radius 2 is 1.85 bits per heavy atom. The van der Waals surface area contributed by atoms with Crippen LogP contribution in [0.1, 0.15) is 11.6 Å². The van der Waals surface area contributed by atoms with Crippen molar-refractivity contribution in [2.75, 3.05) is 0 Å². The normalized spacial score (nSPS) is 13.4. The molecule has 2 N–H and O–H groups in total. The van der Waals surface area contributed by atoms with Crippen molar-refractivity contribution in [2.45, 2.75) is 12.5 Å². The molecular formula is C8H7Cl2F2N. The van der Waals surface area contributed by atoms with Gasteiger partial charge in [0.15, 0.2) is 0 Å². The summed E-state index contributed by atoms with van der Waals surface area (Å²) in [4.78, 5) is 0. The van der Waals surface area contributed by atoms with E-state index in [-0.39, 0.29) is 10.6 Å². The van der Waals surface area contributed by atoms with Crippen LogP contribution in [0.25, 0.3) is 0 Å². The second-order valence-corrected chi connectivity index (χ2v) is 3.37. The molecule has 0 aliphatic rings. The minimum atomic E-state index is -2.63. The van der Waals surface area contributed by atoms with E-state index in [1.807, 2.05) is 0 Å². The van der Waals surface area contributed by atoms with E-state index in [1.165, 1.54) is 18.2 Å². The van der Waals surface area contributed by atoms with E-state index < -0.39 is 12.5 Å². The van der Waals surface area contributed by atoms with Crippen LogP contribution < -0.4 is 5.73 Å². The van der Waals surface area contributed by atoms with Crippen molar-refractivity contribution in [2.24, 2.45) is 5.73 Å². The SMILES string of the molecule is N[C@@H](c1ccc(Cl)cc1Cl)C(F)F. The molecule has 0 bridgehead atoms. The Labute approximate surface area is 84.4 Å². The number of hydrogen-bond donors (Lipinski definition) is 1. The lowest BCUT2D eigenvalue weighted by Gasteiger charge is -2.12. The molecule has 0 amide bonds. The first-order valence-corrected chi connectivity index (χ1v) is 4.26. The van der Waals surface area contributed by atoms with Crippen molar-refractivity contribution < 1.29 is 8.78 Å². The molecule has 0 spiro atoms. The third kappa shape index (κ3) is 2.53. The van der Waals surface area contributed by atoms with E-state index in [2.05, 4.69) is 0 Å². The average Bonchev–Trinajstić information content (AvgIpc) is 2.03. The Balaban J connectivity index is 3.01. The maximum atomic E-state index is 12.2. The summed E-state index contributed by atoms with van der Waals surface area (Å²) >= 11 is 11.3. The Hall–Kier alpha value is -0.380. The fourth-order valence-electron chi connectivity index (χ4n) is 0.908. The lowest BCUT2D eigenvalue weighted by atomic mass is 10.1. The zero-order valence-electron chi connectivity index (χ0n) is 6.48. The minimum Gasteiger partial charge on any atom is -0.319 e. The summed E-state index contributed by atoms with van der Waals surface area (Å²) in [5.74, 6) is 0. The van der Waals surface area contributed by atoms with Gasteiger partial charge in [0.1, 0.15) is 0 Å². The number of hydrogen-bond acceptors (Lipinski definition) is 1. The van der Waals surface area contributed by atoms with Gasteiger partial charge in [-0.15, -0.1) is 0 Å². The molecule has 1 aromatic rings. The number of nitrogens with two attached hydrogens (primary N) is 1. The molecule has 1 nitrogen and oxygen atoms in total. The first kappa shape index (κ1) is 10.7.